The second-order valence-corrected chi connectivity index (χ2v) is 6.23. The van der Waals surface area contributed by atoms with E-state index in [0.717, 1.165) is 0 Å². The first-order valence-electron chi connectivity index (χ1n) is 8.10. The van der Waals surface area contributed by atoms with Crippen molar-refractivity contribution in [2.75, 3.05) is 6.54 Å². The Balaban J connectivity index is 1.58. The largest absolute Gasteiger partial charge is 0.315 e. The fraction of sp³-hybridized carbons (Fsp3) is 0.667. The number of hydrogen-bond acceptors (Lipinski definition) is 1. The van der Waals surface area contributed by atoms with Crippen molar-refractivity contribution in [3.05, 3.63) is 34.9 Å². The highest BCUT2D eigenvalue weighted by atomic mass is 14.9. The molecule has 0 radical (unpaired) electrons. The highest BCUT2D eigenvalue weighted by molar-refractivity contribution is 5.35. The molecule has 1 N–H and O–H groups in total. The Morgan fingerprint density at radius 2 is 1.79 bits per heavy atom. The summed E-state index contributed by atoms with van der Waals surface area (Å²) >= 11 is 0. The van der Waals surface area contributed by atoms with Crippen LogP contribution in [0.15, 0.2) is 18.2 Å². The van der Waals surface area contributed by atoms with Gasteiger partial charge in [0.2, 0.25) is 0 Å². The smallest absolute Gasteiger partial charge is 0.00103 e. The zero-order chi connectivity index (χ0) is 13.5. The number of aryl methyl sites for hydroxylation is 3. The van der Waals surface area contributed by atoms with E-state index in [1.54, 1.807) is 16.7 Å². The molecule has 1 aromatic carbocycles. The second kappa shape index (κ2) is 7.69. The zero-order valence-electron chi connectivity index (χ0n) is 12.7. The lowest BCUT2D eigenvalue weighted by Crippen LogP contribution is -2.23. The summed E-state index contributed by atoms with van der Waals surface area (Å²) in [5.74, 6) is 0. The summed E-state index contributed by atoms with van der Waals surface area (Å²) in [5, 5.41) is 3.48. The van der Waals surface area contributed by atoms with Crippen LogP contribution in [0.3, 0.4) is 0 Å². The highest BCUT2D eigenvalue weighted by Crippen LogP contribution is 2.23. The number of benzene rings is 1. The second-order valence-electron chi connectivity index (χ2n) is 6.23. The van der Waals surface area contributed by atoms with Gasteiger partial charge in [-0.15, -0.1) is 0 Å². The lowest BCUT2D eigenvalue weighted by molar-refractivity contribution is 0.542. The van der Waals surface area contributed by atoms with Gasteiger partial charge < -0.3 is 5.32 Å². The predicted octanol–water partition coefficient (Wildman–Crippen LogP) is 4.28. The summed E-state index contributed by atoms with van der Waals surface area (Å²) in [6.07, 6.45) is 10.7. The zero-order valence-corrected chi connectivity index (χ0v) is 12.7. The van der Waals surface area contributed by atoms with Gasteiger partial charge in [-0.2, -0.15) is 0 Å². The van der Waals surface area contributed by atoms with Gasteiger partial charge in [-0.25, -0.2) is 0 Å². The lowest BCUT2D eigenvalue weighted by Gasteiger charge is -2.08. The first-order valence-corrected chi connectivity index (χ1v) is 8.10. The number of fused-ring (bicyclic) bond motifs is 1. The third-order valence-electron chi connectivity index (χ3n) is 4.11. The molecule has 0 heterocycles. The highest BCUT2D eigenvalue weighted by Gasteiger charge is 2.10. The van der Waals surface area contributed by atoms with Crippen LogP contribution in [0, 0.1) is 0 Å². The van der Waals surface area contributed by atoms with E-state index in [1.165, 1.54) is 57.9 Å². The molecule has 1 aliphatic carbocycles. The molecule has 0 fully saturated rings. The molecule has 1 aliphatic rings. The van der Waals surface area contributed by atoms with Crippen molar-refractivity contribution in [1.29, 1.82) is 0 Å². The maximum Gasteiger partial charge on any atom is 0.00103 e. The minimum atomic E-state index is 0.631. The third-order valence-corrected chi connectivity index (χ3v) is 4.11. The molecule has 0 unspecified atom stereocenters. The lowest BCUT2D eigenvalue weighted by atomic mass is 10.0. The summed E-state index contributed by atoms with van der Waals surface area (Å²) in [7, 11) is 0. The van der Waals surface area contributed by atoms with Crippen LogP contribution in [0.4, 0.5) is 0 Å². The first kappa shape index (κ1) is 14.6. The number of unbranched alkanes of at least 4 members (excludes halogenated alkanes) is 3. The van der Waals surface area contributed by atoms with Gasteiger partial charge in [-0.1, -0.05) is 44.9 Å². The van der Waals surface area contributed by atoms with Crippen LogP contribution in [0.2, 0.25) is 0 Å². The number of rotatable bonds is 8. The molecule has 0 aliphatic heterocycles. The van der Waals surface area contributed by atoms with E-state index in [-0.39, 0.29) is 0 Å². The van der Waals surface area contributed by atoms with Crippen LogP contribution >= 0.6 is 0 Å². The average molecular weight is 259 g/mol. The molecular formula is C18H29N. The van der Waals surface area contributed by atoms with Crippen molar-refractivity contribution < 1.29 is 0 Å². The van der Waals surface area contributed by atoms with Crippen LogP contribution in [-0.4, -0.2) is 12.6 Å². The van der Waals surface area contributed by atoms with Crippen LogP contribution in [0.25, 0.3) is 0 Å². The van der Waals surface area contributed by atoms with Crippen molar-refractivity contribution >= 4 is 0 Å². The minimum Gasteiger partial charge on any atom is -0.315 e. The summed E-state index contributed by atoms with van der Waals surface area (Å²) in [4.78, 5) is 0. The average Bonchev–Trinajstić information content (AvgIpc) is 2.84. The maximum absolute atomic E-state index is 3.48. The molecule has 106 valence electrons. The van der Waals surface area contributed by atoms with Gasteiger partial charge in [-0.05, 0) is 61.8 Å². The molecule has 1 heteroatoms. The molecule has 0 saturated heterocycles. The summed E-state index contributed by atoms with van der Waals surface area (Å²) < 4.78 is 0. The van der Waals surface area contributed by atoms with Gasteiger partial charge in [0, 0.05) is 6.04 Å². The van der Waals surface area contributed by atoms with Crippen LogP contribution in [0.5, 0.6) is 0 Å². The summed E-state index contributed by atoms with van der Waals surface area (Å²) in [6.45, 7) is 5.61. The summed E-state index contributed by atoms with van der Waals surface area (Å²) in [6, 6.07) is 7.81. The minimum absolute atomic E-state index is 0.631. The Kier molecular flexibility index (Phi) is 5.91. The van der Waals surface area contributed by atoms with E-state index in [2.05, 4.69) is 37.4 Å². The quantitative estimate of drug-likeness (QED) is 0.687. The van der Waals surface area contributed by atoms with Crippen molar-refractivity contribution in [3.63, 3.8) is 0 Å². The van der Waals surface area contributed by atoms with Gasteiger partial charge in [0.05, 0.1) is 0 Å². The Labute approximate surface area is 118 Å². The van der Waals surface area contributed by atoms with Crippen LogP contribution < -0.4 is 5.32 Å². The summed E-state index contributed by atoms with van der Waals surface area (Å²) in [5.41, 5.74) is 4.78. The molecular weight excluding hydrogens is 230 g/mol. The maximum atomic E-state index is 3.48. The fourth-order valence-electron chi connectivity index (χ4n) is 2.98. The van der Waals surface area contributed by atoms with Gasteiger partial charge in [0.15, 0.2) is 0 Å². The molecule has 0 amide bonds. The molecule has 1 nitrogen and oxygen atoms in total. The molecule has 19 heavy (non-hydrogen) atoms. The van der Waals surface area contributed by atoms with Gasteiger partial charge in [-0.3, -0.25) is 0 Å². The standard InChI is InChI=1S/C18H29N/c1-15(2)19-13-6-4-3-5-8-16-11-12-17-9-7-10-18(17)14-16/h11-12,14-15,19H,3-10,13H2,1-2H3. The van der Waals surface area contributed by atoms with Gasteiger partial charge in [0.1, 0.15) is 0 Å². The van der Waals surface area contributed by atoms with Crippen molar-refractivity contribution in [1.82, 2.24) is 5.32 Å². The third kappa shape index (κ3) is 4.99. The molecule has 0 atom stereocenters. The molecule has 2 rings (SSSR count). The SMILES string of the molecule is CC(C)NCCCCCCc1ccc2c(c1)CCC2. The molecule has 0 aromatic heterocycles. The van der Waals surface area contributed by atoms with E-state index in [1.807, 2.05) is 0 Å². The van der Waals surface area contributed by atoms with E-state index in [0.29, 0.717) is 6.04 Å². The van der Waals surface area contributed by atoms with E-state index < -0.39 is 0 Å². The fourth-order valence-corrected chi connectivity index (χ4v) is 2.98. The van der Waals surface area contributed by atoms with Gasteiger partial charge >= 0.3 is 0 Å². The Bertz CT molecular complexity index is 381. The first-order chi connectivity index (χ1) is 9.25. The monoisotopic (exact) mass is 259 g/mol. The van der Waals surface area contributed by atoms with Crippen molar-refractivity contribution in [2.24, 2.45) is 0 Å². The molecule has 1 aromatic rings. The van der Waals surface area contributed by atoms with Crippen LogP contribution in [0.1, 0.15) is 62.6 Å². The normalized spacial score (nSPS) is 14.1. The predicted molar refractivity (Wildman–Crippen MR) is 83.8 cm³/mol. The van der Waals surface area contributed by atoms with Crippen LogP contribution in [-0.2, 0) is 19.3 Å². The number of nitrogens with one attached hydrogen (secondary N) is 1. The molecule has 0 bridgehead atoms. The van der Waals surface area contributed by atoms with E-state index in [9.17, 15) is 0 Å². The topological polar surface area (TPSA) is 12.0 Å². The Morgan fingerprint density at radius 1 is 1.00 bits per heavy atom. The van der Waals surface area contributed by atoms with Crippen molar-refractivity contribution in [3.8, 4) is 0 Å². The van der Waals surface area contributed by atoms with E-state index >= 15 is 0 Å². The molecule has 0 spiro atoms. The number of hydrogen-bond donors (Lipinski definition) is 1. The molecule has 0 saturated carbocycles. The Hall–Kier alpha value is -0.820. The van der Waals surface area contributed by atoms with Gasteiger partial charge in [0.25, 0.3) is 0 Å². The Morgan fingerprint density at radius 3 is 2.63 bits per heavy atom. The van der Waals surface area contributed by atoms with Crippen molar-refractivity contribution in [2.45, 2.75) is 71.3 Å². The van der Waals surface area contributed by atoms with E-state index in [4.69, 9.17) is 0 Å².